The van der Waals surface area contributed by atoms with Crippen LogP contribution in [0.2, 0.25) is 0 Å². The summed E-state index contributed by atoms with van der Waals surface area (Å²) in [6, 6.07) is 0.369. The molecule has 0 N–H and O–H groups in total. The third kappa shape index (κ3) is 4.15. The monoisotopic (exact) mass is 278 g/mol. The van der Waals surface area contributed by atoms with E-state index in [1.807, 2.05) is 4.68 Å². The lowest BCUT2D eigenvalue weighted by atomic mass is 10.1. The molecule has 2 heterocycles. The fraction of sp³-hybridized carbons (Fsp3) is 0.733. The third-order valence-corrected chi connectivity index (χ3v) is 3.72. The van der Waals surface area contributed by atoms with E-state index in [2.05, 4.69) is 41.3 Å². The van der Waals surface area contributed by atoms with Gasteiger partial charge in [0.25, 0.3) is 0 Å². The first-order chi connectivity index (χ1) is 9.70. The number of hydrogen-bond donors (Lipinski definition) is 0. The summed E-state index contributed by atoms with van der Waals surface area (Å²) in [5.41, 5.74) is 2.38. The zero-order chi connectivity index (χ0) is 14.4. The highest BCUT2D eigenvalue weighted by molar-refractivity contribution is 5.62. The first kappa shape index (κ1) is 15.2. The van der Waals surface area contributed by atoms with Gasteiger partial charge in [-0.05, 0) is 38.7 Å². The Hall–Kier alpha value is -1.20. The highest BCUT2D eigenvalue weighted by Crippen LogP contribution is 2.21. The molecule has 0 spiro atoms. The molecule has 0 saturated heterocycles. The van der Waals surface area contributed by atoms with E-state index < -0.39 is 0 Å². The highest BCUT2D eigenvalue weighted by Gasteiger charge is 2.14. The Kier molecular flexibility index (Phi) is 5.73. The molecule has 0 atom stereocenters. The van der Waals surface area contributed by atoms with Crippen LogP contribution in [0.25, 0.3) is 5.57 Å². The van der Waals surface area contributed by atoms with Gasteiger partial charge in [-0.15, -0.1) is 5.10 Å². The fourth-order valence-electron chi connectivity index (χ4n) is 2.48. The van der Waals surface area contributed by atoms with Gasteiger partial charge in [-0.2, -0.15) is 0 Å². The predicted molar refractivity (Wildman–Crippen MR) is 80.6 cm³/mol. The number of nitrogens with zero attached hydrogens (tertiary/aromatic N) is 4. The largest absolute Gasteiger partial charge is 0.385 e. The van der Waals surface area contributed by atoms with E-state index in [9.17, 15) is 0 Å². The summed E-state index contributed by atoms with van der Waals surface area (Å²) >= 11 is 0. The molecule has 0 saturated carbocycles. The molecular weight excluding hydrogens is 252 g/mol. The molecule has 1 aliphatic rings. The molecule has 1 aromatic rings. The Balaban J connectivity index is 1.89. The van der Waals surface area contributed by atoms with Crippen molar-refractivity contribution >= 4 is 5.57 Å². The molecule has 2 rings (SSSR count). The van der Waals surface area contributed by atoms with Gasteiger partial charge in [-0.3, -0.25) is 0 Å². The van der Waals surface area contributed by atoms with Crippen molar-refractivity contribution in [3.63, 3.8) is 0 Å². The van der Waals surface area contributed by atoms with Crippen molar-refractivity contribution in [1.82, 2.24) is 19.9 Å². The van der Waals surface area contributed by atoms with Crippen LogP contribution in [-0.4, -0.2) is 53.2 Å². The lowest BCUT2D eigenvalue weighted by Gasteiger charge is -2.19. The molecule has 0 aromatic carbocycles. The van der Waals surface area contributed by atoms with Crippen molar-refractivity contribution in [2.24, 2.45) is 0 Å². The number of aromatic nitrogens is 3. The van der Waals surface area contributed by atoms with Crippen LogP contribution >= 0.6 is 0 Å². The third-order valence-electron chi connectivity index (χ3n) is 3.72. The van der Waals surface area contributed by atoms with E-state index in [1.165, 1.54) is 5.57 Å². The summed E-state index contributed by atoms with van der Waals surface area (Å²) in [5, 5.41) is 8.51. The topological polar surface area (TPSA) is 43.2 Å². The second kappa shape index (κ2) is 7.55. The van der Waals surface area contributed by atoms with Gasteiger partial charge >= 0.3 is 0 Å². The maximum Gasteiger partial charge on any atom is 0.108 e. The molecule has 1 aliphatic heterocycles. The highest BCUT2D eigenvalue weighted by atomic mass is 16.5. The second-order valence-corrected chi connectivity index (χ2v) is 5.63. The maximum atomic E-state index is 5.12. The minimum atomic E-state index is 0.369. The lowest BCUT2D eigenvalue weighted by Crippen LogP contribution is -2.26. The van der Waals surface area contributed by atoms with Crippen LogP contribution in [0.5, 0.6) is 0 Å². The Morgan fingerprint density at radius 1 is 1.35 bits per heavy atom. The maximum absolute atomic E-state index is 5.12. The van der Waals surface area contributed by atoms with Crippen molar-refractivity contribution < 1.29 is 4.74 Å². The Bertz CT molecular complexity index is 439. The van der Waals surface area contributed by atoms with Crippen LogP contribution in [0.15, 0.2) is 12.3 Å². The van der Waals surface area contributed by atoms with E-state index in [4.69, 9.17) is 4.74 Å². The van der Waals surface area contributed by atoms with Crippen LogP contribution < -0.4 is 0 Å². The number of methoxy groups -OCH3 is 1. The van der Waals surface area contributed by atoms with Crippen LogP contribution in [0.1, 0.15) is 44.8 Å². The quantitative estimate of drug-likeness (QED) is 0.749. The zero-order valence-corrected chi connectivity index (χ0v) is 12.9. The standard InChI is InChI=1S/C15H26N4O/c1-13(2)19-12-15(16-17-19)14-6-4-8-18(10-7-14)9-5-11-20-3/h6,12-13H,4-5,7-11H2,1-3H3. The van der Waals surface area contributed by atoms with E-state index >= 15 is 0 Å². The molecule has 0 radical (unpaired) electrons. The molecule has 1 aromatic heterocycles. The van der Waals surface area contributed by atoms with Gasteiger partial charge in [0.05, 0.1) is 6.20 Å². The first-order valence-corrected chi connectivity index (χ1v) is 7.53. The molecule has 0 bridgehead atoms. The van der Waals surface area contributed by atoms with Crippen molar-refractivity contribution in [3.8, 4) is 0 Å². The molecular formula is C15H26N4O. The van der Waals surface area contributed by atoms with Crippen LogP contribution in [0.4, 0.5) is 0 Å². The van der Waals surface area contributed by atoms with Crippen LogP contribution in [-0.2, 0) is 4.74 Å². The lowest BCUT2D eigenvalue weighted by molar-refractivity contribution is 0.173. The van der Waals surface area contributed by atoms with Gasteiger partial charge in [0.1, 0.15) is 5.69 Å². The molecule has 0 amide bonds. The van der Waals surface area contributed by atoms with Crippen molar-refractivity contribution in [2.75, 3.05) is 33.4 Å². The second-order valence-electron chi connectivity index (χ2n) is 5.63. The van der Waals surface area contributed by atoms with E-state index in [0.29, 0.717) is 6.04 Å². The minimum Gasteiger partial charge on any atom is -0.385 e. The Morgan fingerprint density at radius 2 is 2.20 bits per heavy atom. The predicted octanol–water partition coefficient (Wildman–Crippen LogP) is 2.37. The zero-order valence-electron chi connectivity index (χ0n) is 12.9. The average molecular weight is 278 g/mol. The molecule has 112 valence electrons. The number of hydrogen-bond acceptors (Lipinski definition) is 4. The van der Waals surface area contributed by atoms with Crippen molar-refractivity contribution in [2.45, 2.75) is 39.2 Å². The normalized spacial score (nSPS) is 17.3. The summed E-state index contributed by atoms with van der Waals surface area (Å²) in [4.78, 5) is 2.51. The first-order valence-electron chi connectivity index (χ1n) is 7.53. The smallest absolute Gasteiger partial charge is 0.108 e. The molecule has 20 heavy (non-hydrogen) atoms. The van der Waals surface area contributed by atoms with Crippen molar-refractivity contribution in [3.05, 3.63) is 18.0 Å². The SMILES string of the molecule is COCCCN1CCC=C(c2cn(C(C)C)nn2)CC1. The van der Waals surface area contributed by atoms with E-state index in [-0.39, 0.29) is 0 Å². The molecule has 0 unspecified atom stereocenters. The van der Waals surface area contributed by atoms with Gasteiger partial charge in [0.2, 0.25) is 0 Å². The van der Waals surface area contributed by atoms with Gasteiger partial charge < -0.3 is 9.64 Å². The van der Waals surface area contributed by atoms with Crippen LogP contribution in [0.3, 0.4) is 0 Å². The molecule has 0 fully saturated rings. The van der Waals surface area contributed by atoms with Gasteiger partial charge in [-0.25, -0.2) is 4.68 Å². The summed E-state index contributed by atoms with van der Waals surface area (Å²) < 4.78 is 7.05. The summed E-state index contributed by atoms with van der Waals surface area (Å²) in [7, 11) is 1.76. The van der Waals surface area contributed by atoms with Crippen molar-refractivity contribution in [1.29, 1.82) is 0 Å². The van der Waals surface area contributed by atoms with E-state index in [1.54, 1.807) is 7.11 Å². The average Bonchev–Trinajstić information content (AvgIpc) is 2.81. The number of ether oxygens (including phenoxy) is 1. The summed E-state index contributed by atoms with van der Waals surface area (Å²) in [6.45, 7) is 8.44. The summed E-state index contributed by atoms with van der Waals surface area (Å²) in [6.07, 6.45) is 7.65. The summed E-state index contributed by atoms with van der Waals surface area (Å²) in [5.74, 6) is 0. The number of rotatable bonds is 6. The molecule has 5 nitrogen and oxygen atoms in total. The van der Waals surface area contributed by atoms with Gasteiger partial charge in [0, 0.05) is 39.4 Å². The molecule has 5 heteroatoms. The van der Waals surface area contributed by atoms with Gasteiger partial charge in [0.15, 0.2) is 0 Å². The minimum absolute atomic E-state index is 0.369. The van der Waals surface area contributed by atoms with Gasteiger partial charge in [-0.1, -0.05) is 11.3 Å². The fourth-order valence-corrected chi connectivity index (χ4v) is 2.48. The molecule has 0 aliphatic carbocycles. The Morgan fingerprint density at radius 3 is 2.90 bits per heavy atom. The van der Waals surface area contributed by atoms with E-state index in [0.717, 1.165) is 51.2 Å². The van der Waals surface area contributed by atoms with Crippen LogP contribution in [0, 0.1) is 0 Å². The Labute approximate surface area is 121 Å².